The third kappa shape index (κ3) is 1.72. The van der Waals surface area contributed by atoms with Gasteiger partial charge in [-0.15, -0.1) is 0 Å². The number of alkyl halides is 3. The fourth-order valence-electron chi connectivity index (χ4n) is 0.109. The Balaban J connectivity index is 3.71. The van der Waals surface area contributed by atoms with Crippen LogP contribution in [0, 0.1) is 6.92 Å². The molecule has 0 aliphatic heterocycles. The zero-order valence-corrected chi connectivity index (χ0v) is 4.63. The molecule has 0 aliphatic rings. The van der Waals surface area contributed by atoms with E-state index in [1.165, 1.54) is 0 Å². The fraction of sp³-hybridized carbons (Fsp3) is 0.800. The predicted octanol–water partition coefficient (Wildman–Crippen LogP) is 2.20. The minimum Gasteiger partial charge on any atom is -0.238 e. The van der Waals surface area contributed by atoms with E-state index in [9.17, 15) is 13.2 Å². The zero-order chi connectivity index (χ0) is 6.78. The molecule has 0 saturated carbocycles. The van der Waals surface area contributed by atoms with Gasteiger partial charge in [0.1, 0.15) is 0 Å². The van der Waals surface area contributed by atoms with E-state index in [1.807, 2.05) is 0 Å². The molecule has 0 heterocycles. The molecule has 3 heteroatoms. The van der Waals surface area contributed by atoms with E-state index >= 15 is 0 Å². The van der Waals surface area contributed by atoms with Crippen molar-refractivity contribution in [3.8, 4) is 0 Å². The van der Waals surface area contributed by atoms with Crippen LogP contribution in [-0.2, 0) is 0 Å². The molecule has 0 aliphatic carbocycles. The van der Waals surface area contributed by atoms with E-state index in [0.29, 0.717) is 0 Å². The highest BCUT2D eigenvalue weighted by atomic mass is 19.3. The van der Waals surface area contributed by atoms with Gasteiger partial charge in [0.25, 0.3) is 6.43 Å². The van der Waals surface area contributed by atoms with Crippen LogP contribution in [0.25, 0.3) is 0 Å². The lowest BCUT2D eigenvalue weighted by Gasteiger charge is -2.15. The first-order valence-electron chi connectivity index (χ1n) is 2.27. The molecule has 0 aromatic heterocycles. The van der Waals surface area contributed by atoms with Crippen LogP contribution >= 0.6 is 0 Å². The standard InChI is InChI=1S/C5H8F3/c1-3-5(2,8)4(6)7/h4H,1,3H2,2H3. The average Bonchev–Trinajstić information content (AvgIpc) is 1.67. The van der Waals surface area contributed by atoms with Crippen LogP contribution < -0.4 is 0 Å². The minimum absolute atomic E-state index is 0.384. The van der Waals surface area contributed by atoms with E-state index < -0.39 is 12.1 Å². The Morgan fingerprint density at radius 1 is 1.62 bits per heavy atom. The highest BCUT2D eigenvalue weighted by Gasteiger charge is 2.32. The van der Waals surface area contributed by atoms with Gasteiger partial charge in [-0.05, 0) is 20.3 Å². The van der Waals surface area contributed by atoms with E-state index in [-0.39, 0.29) is 6.42 Å². The molecule has 1 atom stereocenters. The summed E-state index contributed by atoms with van der Waals surface area (Å²) in [4.78, 5) is 0. The average molecular weight is 125 g/mol. The number of hydrogen-bond donors (Lipinski definition) is 0. The maximum Gasteiger partial charge on any atom is 0.271 e. The lowest BCUT2D eigenvalue weighted by molar-refractivity contribution is -0.0202. The van der Waals surface area contributed by atoms with Gasteiger partial charge >= 0.3 is 0 Å². The summed E-state index contributed by atoms with van der Waals surface area (Å²) in [5.41, 5.74) is -2.40. The lowest BCUT2D eigenvalue weighted by Crippen LogP contribution is -2.26. The maximum absolute atomic E-state index is 12.1. The van der Waals surface area contributed by atoms with Gasteiger partial charge in [-0.2, -0.15) is 0 Å². The summed E-state index contributed by atoms with van der Waals surface area (Å²) in [6.45, 7) is 3.86. The van der Waals surface area contributed by atoms with Crippen LogP contribution in [0.3, 0.4) is 0 Å². The van der Waals surface area contributed by atoms with Crippen molar-refractivity contribution in [3.05, 3.63) is 6.92 Å². The molecular weight excluding hydrogens is 117 g/mol. The number of hydrogen-bond acceptors (Lipinski definition) is 0. The highest BCUT2D eigenvalue weighted by Crippen LogP contribution is 2.22. The third-order valence-electron chi connectivity index (χ3n) is 0.944. The maximum atomic E-state index is 12.1. The molecule has 1 unspecified atom stereocenters. The SMILES string of the molecule is [CH2]CC(C)(F)C(F)F. The van der Waals surface area contributed by atoms with E-state index in [0.717, 1.165) is 6.92 Å². The quantitative estimate of drug-likeness (QED) is 0.530. The second-order valence-corrected chi connectivity index (χ2v) is 1.83. The van der Waals surface area contributed by atoms with Gasteiger partial charge in [0.05, 0.1) is 0 Å². The lowest BCUT2D eigenvalue weighted by atomic mass is 10.1. The molecule has 0 spiro atoms. The van der Waals surface area contributed by atoms with Crippen molar-refractivity contribution in [2.75, 3.05) is 0 Å². The second-order valence-electron chi connectivity index (χ2n) is 1.83. The largest absolute Gasteiger partial charge is 0.271 e. The van der Waals surface area contributed by atoms with Crippen LogP contribution in [0.5, 0.6) is 0 Å². The highest BCUT2D eigenvalue weighted by molar-refractivity contribution is 4.76. The number of halogens is 3. The van der Waals surface area contributed by atoms with E-state index in [4.69, 9.17) is 0 Å². The first-order valence-corrected chi connectivity index (χ1v) is 2.27. The molecule has 1 radical (unpaired) electrons. The Labute approximate surface area is 46.7 Å². The van der Waals surface area contributed by atoms with Crippen molar-refractivity contribution in [1.29, 1.82) is 0 Å². The molecule has 0 saturated heterocycles. The summed E-state index contributed by atoms with van der Waals surface area (Å²) in [6.07, 6.45) is -3.30. The van der Waals surface area contributed by atoms with Crippen LogP contribution in [-0.4, -0.2) is 12.1 Å². The summed E-state index contributed by atoms with van der Waals surface area (Å²) in [5, 5.41) is 0. The fourth-order valence-corrected chi connectivity index (χ4v) is 0.109. The topological polar surface area (TPSA) is 0 Å². The molecule has 49 valence electrons. The van der Waals surface area contributed by atoms with Crippen molar-refractivity contribution in [2.24, 2.45) is 0 Å². The van der Waals surface area contributed by atoms with Gasteiger partial charge in [0.2, 0.25) is 0 Å². The van der Waals surface area contributed by atoms with Gasteiger partial charge in [-0.25, -0.2) is 13.2 Å². The van der Waals surface area contributed by atoms with Crippen molar-refractivity contribution in [1.82, 2.24) is 0 Å². The van der Waals surface area contributed by atoms with E-state index in [2.05, 4.69) is 6.92 Å². The van der Waals surface area contributed by atoms with Crippen LogP contribution in [0.4, 0.5) is 13.2 Å². The summed E-state index contributed by atoms with van der Waals surface area (Å²) in [6, 6.07) is 0. The Kier molecular flexibility index (Phi) is 2.31. The molecule has 0 rings (SSSR count). The second kappa shape index (κ2) is 2.37. The van der Waals surface area contributed by atoms with E-state index in [1.54, 1.807) is 0 Å². The van der Waals surface area contributed by atoms with Crippen LogP contribution in [0.15, 0.2) is 0 Å². The monoisotopic (exact) mass is 125 g/mol. The van der Waals surface area contributed by atoms with Crippen molar-refractivity contribution >= 4 is 0 Å². The molecule has 0 nitrogen and oxygen atoms in total. The molecule has 8 heavy (non-hydrogen) atoms. The molecule has 0 N–H and O–H groups in total. The first-order chi connectivity index (χ1) is 3.50. The molecule has 0 bridgehead atoms. The van der Waals surface area contributed by atoms with Gasteiger partial charge in [0, 0.05) is 0 Å². The summed E-state index contributed by atoms with van der Waals surface area (Å²) < 4.78 is 34.9. The van der Waals surface area contributed by atoms with Crippen LogP contribution in [0.2, 0.25) is 0 Å². The van der Waals surface area contributed by atoms with Gasteiger partial charge in [-0.3, -0.25) is 0 Å². The normalized spacial score (nSPS) is 18.8. The summed E-state index contributed by atoms with van der Waals surface area (Å²) in [5.74, 6) is 0. The van der Waals surface area contributed by atoms with Crippen molar-refractivity contribution < 1.29 is 13.2 Å². The molecule has 0 aromatic carbocycles. The minimum atomic E-state index is -2.92. The van der Waals surface area contributed by atoms with Gasteiger partial charge < -0.3 is 0 Å². The Morgan fingerprint density at radius 2 is 2.00 bits per heavy atom. The predicted molar refractivity (Wildman–Crippen MR) is 25.5 cm³/mol. The van der Waals surface area contributed by atoms with Gasteiger partial charge in [-0.1, -0.05) is 0 Å². The van der Waals surface area contributed by atoms with Crippen molar-refractivity contribution in [2.45, 2.75) is 25.4 Å². The Bertz CT molecular complexity index is 68.1. The molecule has 0 amide bonds. The molecular formula is C5H8F3. The first kappa shape index (κ1) is 7.79. The van der Waals surface area contributed by atoms with Crippen LogP contribution in [0.1, 0.15) is 13.3 Å². The zero-order valence-electron chi connectivity index (χ0n) is 4.63. The molecule has 0 fully saturated rings. The smallest absolute Gasteiger partial charge is 0.238 e. The summed E-state index contributed by atoms with van der Waals surface area (Å²) >= 11 is 0. The molecule has 0 aromatic rings. The number of rotatable bonds is 2. The van der Waals surface area contributed by atoms with Gasteiger partial charge in [0.15, 0.2) is 5.67 Å². The Hall–Kier alpha value is -0.210. The Morgan fingerprint density at radius 3 is 2.00 bits per heavy atom. The summed E-state index contributed by atoms with van der Waals surface area (Å²) in [7, 11) is 0. The van der Waals surface area contributed by atoms with Crippen molar-refractivity contribution in [3.63, 3.8) is 0 Å². The third-order valence-corrected chi connectivity index (χ3v) is 0.944.